The summed E-state index contributed by atoms with van der Waals surface area (Å²) in [6, 6.07) is 12.0. The molecule has 0 spiro atoms. The lowest BCUT2D eigenvalue weighted by Crippen LogP contribution is -2.04. The minimum atomic E-state index is 0.635. The smallest absolute Gasteiger partial charge is 0.135 e. The highest BCUT2D eigenvalue weighted by atomic mass is 16.5. The zero-order valence-electron chi connectivity index (χ0n) is 13.0. The maximum Gasteiger partial charge on any atom is 0.135 e. The molecule has 3 aromatic rings. The molecule has 0 aliphatic rings. The average molecular weight is 309 g/mol. The lowest BCUT2D eigenvalue weighted by atomic mass is 10.1. The van der Waals surface area contributed by atoms with Crippen LogP contribution in [0.5, 0.6) is 0 Å². The number of ether oxygens (including phenoxy) is 1. The summed E-state index contributed by atoms with van der Waals surface area (Å²) in [5.74, 6) is 1.55. The predicted octanol–water partition coefficient (Wildman–Crippen LogP) is 2.65. The molecule has 0 radical (unpaired) electrons. The van der Waals surface area contributed by atoms with Crippen LogP contribution in [0.1, 0.15) is 11.4 Å². The molecule has 118 valence electrons. The maximum absolute atomic E-state index is 5.04. The zero-order valence-corrected chi connectivity index (χ0v) is 13.0. The third-order valence-corrected chi connectivity index (χ3v) is 3.34. The van der Waals surface area contributed by atoms with Crippen LogP contribution in [-0.4, -0.2) is 33.5 Å². The van der Waals surface area contributed by atoms with Crippen LogP contribution in [0, 0.1) is 0 Å². The first-order valence-electron chi connectivity index (χ1n) is 7.48. The molecule has 0 aliphatic carbocycles. The van der Waals surface area contributed by atoms with Crippen LogP contribution in [0.25, 0.3) is 0 Å². The number of benzene rings is 1. The van der Waals surface area contributed by atoms with Gasteiger partial charge in [-0.05, 0) is 11.6 Å². The van der Waals surface area contributed by atoms with Gasteiger partial charge in [-0.1, -0.05) is 30.3 Å². The van der Waals surface area contributed by atoms with Gasteiger partial charge in [0.15, 0.2) is 0 Å². The SMILES string of the molecule is COCCn1cc(Nc2ccnc(Cc3ccccc3)n2)cn1. The van der Waals surface area contributed by atoms with Crippen molar-refractivity contribution >= 4 is 11.5 Å². The number of methoxy groups -OCH3 is 1. The molecule has 6 nitrogen and oxygen atoms in total. The fourth-order valence-electron chi connectivity index (χ4n) is 2.22. The van der Waals surface area contributed by atoms with Crippen LogP contribution in [0.15, 0.2) is 55.0 Å². The number of anilines is 2. The van der Waals surface area contributed by atoms with E-state index in [0.29, 0.717) is 13.0 Å². The van der Waals surface area contributed by atoms with Gasteiger partial charge in [-0.15, -0.1) is 0 Å². The van der Waals surface area contributed by atoms with Gasteiger partial charge in [0.05, 0.1) is 25.0 Å². The van der Waals surface area contributed by atoms with Gasteiger partial charge in [0.25, 0.3) is 0 Å². The van der Waals surface area contributed by atoms with E-state index in [1.807, 2.05) is 35.1 Å². The molecule has 0 bridgehead atoms. The van der Waals surface area contributed by atoms with Gasteiger partial charge in [0.1, 0.15) is 11.6 Å². The second kappa shape index (κ2) is 7.51. The minimum absolute atomic E-state index is 0.635. The predicted molar refractivity (Wildman–Crippen MR) is 88.7 cm³/mol. The lowest BCUT2D eigenvalue weighted by Gasteiger charge is -2.05. The Bertz CT molecular complexity index is 742. The van der Waals surface area contributed by atoms with E-state index in [0.717, 1.165) is 23.9 Å². The summed E-state index contributed by atoms with van der Waals surface area (Å²) in [6.45, 7) is 1.36. The van der Waals surface area contributed by atoms with Crippen molar-refractivity contribution in [3.05, 3.63) is 66.4 Å². The van der Waals surface area contributed by atoms with Crippen molar-refractivity contribution < 1.29 is 4.74 Å². The highest BCUT2D eigenvalue weighted by Gasteiger charge is 2.03. The Hall–Kier alpha value is -2.73. The van der Waals surface area contributed by atoms with Crippen molar-refractivity contribution in [1.82, 2.24) is 19.7 Å². The van der Waals surface area contributed by atoms with Gasteiger partial charge in [0.2, 0.25) is 0 Å². The summed E-state index contributed by atoms with van der Waals surface area (Å²) in [6.07, 6.45) is 6.18. The number of nitrogens with zero attached hydrogens (tertiary/aromatic N) is 4. The number of hydrogen-bond donors (Lipinski definition) is 1. The van der Waals surface area contributed by atoms with Crippen LogP contribution < -0.4 is 5.32 Å². The first-order chi connectivity index (χ1) is 11.3. The van der Waals surface area contributed by atoms with E-state index < -0.39 is 0 Å². The fraction of sp³-hybridized carbons (Fsp3) is 0.235. The Balaban J connectivity index is 1.66. The number of rotatable bonds is 7. The van der Waals surface area contributed by atoms with Gasteiger partial charge < -0.3 is 10.1 Å². The summed E-state index contributed by atoms with van der Waals surface area (Å²) in [4.78, 5) is 8.88. The molecule has 1 aromatic carbocycles. The molecule has 2 aromatic heterocycles. The number of hydrogen-bond acceptors (Lipinski definition) is 5. The number of aromatic nitrogens is 4. The Kier molecular flexibility index (Phi) is 4.95. The first kappa shape index (κ1) is 15.2. The van der Waals surface area contributed by atoms with Gasteiger partial charge in [-0.25, -0.2) is 9.97 Å². The van der Waals surface area contributed by atoms with Crippen molar-refractivity contribution in [3.8, 4) is 0 Å². The van der Waals surface area contributed by atoms with Crippen molar-refractivity contribution in [3.63, 3.8) is 0 Å². The van der Waals surface area contributed by atoms with Crippen LogP contribution in [0.3, 0.4) is 0 Å². The summed E-state index contributed by atoms with van der Waals surface area (Å²) >= 11 is 0. The van der Waals surface area contributed by atoms with Crippen LogP contribution in [0.2, 0.25) is 0 Å². The summed E-state index contributed by atoms with van der Waals surface area (Å²) in [5, 5.41) is 7.52. The molecule has 0 fully saturated rings. The molecule has 0 aliphatic heterocycles. The van der Waals surface area contributed by atoms with Crippen molar-refractivity contribution in [2.45, 2.75) is 13.0 Å². The van der Waals surface area contributed by atoms with E-state index in [4.69, 9.17) is 4.74 Å². The zero-order chi connectivity index (χ0) is 15.9. The second-order valence-electron chi connectivity index (χ2n) is 5.13. The Morgan fingerprint density at radius 3 is 2.87 bits per heavy atom. The Morgan fingerprint density at radius 2 is 2.04 bits per heavy atom. The molecule has 2 heterocycles. The number of nitrogens with one attached hydrogen (secondary N) is 1. The quantitative estimate of drug-likeness (QED) is 0.727. The summed E-state index contributed by atoms with van der Waals surface area (Å²) in [7, 11) is 1.68. The van der Waals surface area contributed by atoms with E-state index in [1.54, 1.807) is 19.5 Å². The van der Waals surface area contributed by atoms with E-state index >= 15 is 0 Å². The van der Waals surface area contributed by atoms with Crippen molar-refractivity contribution in [1.29, 1.82) is 0 Å². The topological polar surface area (TPSA) is 64.9 Å². The molecule has 0 saturated carbocycles. The largest absolute Gasteiger partial charge is 0.383 e. The van der Waals surface area contributed by atoms with E-state index in [-0.39, 0.29) is 0 Å². The Labute approximate surface area is 135 Å². The molecule has 0 unspecified atom stereocenters. The maximum atomic E-state index is 5.04. The van der Waals surface area contributed by atoms with Gasteiger partial charge >= 0.3 is 0 Å². The van der Waals surface area contributed by atoms with Crippen molar-refractivity contribution in [2.75, 3.05) is 19.0 Å². The van der Waals surface area contributed by atoms with Gasteiger partial charge in [-0.3, -0.25) is 4.68 Å². The molecule has 23 heavy (non-hydrogen) atoms. The van der Waals surface area contributed by atoms with Crippen LogP contribution >= 0.6 is 0 Å². The van der Waals surface area contributed by atoms with Crippen molar-refractivity contribution in [2.24, 2.45) is 0 Å². The molecule has 6 heteroatoms. The molecule has 0 atom stereocenters. The summed E-state index contributed by atoms with van der Waals surface area (Å²) in [5.41, 5.74) is 2.09. The summed E-state index contributed by atoms with van der Waals surface area (Å²) < 4.78 is 6.88. The molecular weight excluding hydrogens is 290 g/mol. The lowest BCUT2D eigenvalue weighted by molar-refractivity contribution is 0.183. The molecule has 0 amide bonds. The van der Waals surface area contributed by atoms with E-state index in [9.17, 15) is 0 Å². The van der Waals surface area contributed by atoms with E-state index in [2.05, 4.69) is 32.5 Å². The fourth-order valence-corrected chi connectivity index (χ4v) is 2.22. The van der Waals surface area contributed by atoms with Gasteiger partial charge in [0, 0.05) is 25.9 Å². The normalized spacial score (nSPS) is 10.7. The average Bonchev–Trinajstić information content (AvgIpc) is 3.01. The monoisotopic (exact) mass is 309 g/mol. The Morgan fingerprint density at radius 1 is 1.17 bits per heavy atom. The second-order valence-corrected chi connectivity index (χ2v) is 5.13. The van der Waals surface area contributed by atoms with E-state index in [1.165, 1.54) is 5.56 Å². The third kappa shape index (κ3) is 4.37. The highest BCUT2D eigenvalue weighted by molar-refractivity contribution is 5.53. The highest BCUT2D eigenvalue weighted by Crippen LogP contribution is 2.14. The van der Waals surface area contributed by atoms with Gasteiger partial charge in [-0.2, -0.15) is 5.10 Å². The molecule has 0 saturated heterocycles. The van der Waals surface area contributed by atoms with Crippen LogP contribution in [0.4, 0.5) is 11.5 Å². The third-order valence-electron chi connectivity index (χ3n) is 3.34. The molecule has 1 N–H and O–H groups in total. The standard InChI is InChI=1S/C17H19N5O/c1-23-10-9-22-13-15(12-19-22)20-16-7-8-18-17(21-16)11-14-5-3-2-4-6-14/h2-8,12-13H,9-11H2,1H3,(H,18,20,21). The molecule has 3 rings (SSSR count). The van der Waals surface area contributed by atoms with Crippen LogP contribution in [-0.2, 0) is 17.7 Å². The first-order valence-corrected chi connectivity index (χ1v) is 7.48. The minimum Gasteiger partial charge on any atom is -0.383 e. The molecular formula is C17H19N5O.